The van der Waals surface area contributed by atoms with Crippen LogP contribution in [0.2, 0.25) is 0 Å². The molecule has 94 valence electrons. The number of anilines is 1. The summed E-state index contributed by atoms with van der Waals surface area (Å²) in [4.78, 5) is 11.7. The minimum Gasteiger partial charge on any atom is -0.462 e. The van der Waals surface area contributed by atoms with Gasteiger partial charge in [0.1, 0.15) is 0 Å². The van der Waals surface area contributed by atoms with E-state index in [0.717, 1.165) is 5.56 Å². The molecule has 1 aromatic heterocycles. The second kappa shape index (κ2) is 5.35. The Labute approximate surface area is 105 Å². The number of aryl methyl sites for hydroxylation is 1. The lowest BCUT2D eigenvalue weighted by molar-refractivity contribution is 0.0509. The van der Waals surface area contributed by atoms with E-state index in [2.05, 4.69) is 5.10 Å². The topological polar surface area (TPSA) is 70.1 Å². The van der Waals surface area contributed by atoms with Gasteiger partial charge in [0.2, 0.25) is 0 Å². The van der Waals surface area contributed by atoms with Crippen LogP contribution in [0.3, 0.4) is 0 Å². The molecule has 2 aromatic rings. The molecule has 1 aromatic carbocycles. The Morgan fingerprint density at radius 2 is 2.33 bits per heavy atom. The first kappa shape index (κ1) is 12.2. The number of carbonyl (C=O) groups excluding carboxylic acids is 1. The van der Waals surface area contributed by atoms with Crippen LogP contribution in [0.25, 0.3) is 0 Å². The van der Waals surface area contributed by atoms with E-state index in [0.29, 0.717) is 24.3 Å². The zero-order chi connectivity index (χ0) is 13.0. The van der Waals surface area contributed by atoms with E-state index in [9.17, 15) is 4.79 Å². The number of esters is 1. The number of nitrogens with two attached hydrogens (primary N) is 1. The lowest BCUT2D eigenvalue weighted by Gasteiger charge is -2.04. The molecule has 5 nitrogen and oxygen atoms in total. The summed E-state index contributed by atoms with van der Waals surface area (Å²) in [6.45, 7) is 0.333. The average Bonchev–Trinajstić information content (AvgIpc) is 2.75. The monoisotopic (exact) mass is 245 g/mol. The fraction of sp³-hybridized carbons (Fsp3) is 0.231. The van der Waals surface area contributed by atoms with E-state index in [1.807, 2.05) is 13.2 Å². The summed E-state index contributed by atoms with van der Waals surface area (Å²) in [5.41, 5.74) is 7.67. The van der Waals surface area contributed by atoms with E-state index >= 15 is 0 Å². The fourth-order valence-electron chi connectivity index (χ4n) is 1.61. The zero-order valence-electron chi connectivity index (χ0n) is 10.2. The molecule has 0 aliphatic rings. The Balaban J connectivity index is 1.85. The largest absolute Gasteiger partial charge is 0.462 e. The van der Waals surface area contributed by atoms with E-state index in [-0.39, 0.29) is 5.97 Å². The molecule has 2 rings (SSSR count). The van der Waals surface area contributed by atoms with Crippen LogP contribution in [-0.2, 0) is 18.2 Å². The maximum atomic E-state index is 11.7. The summed E-state index contributed by atoms with van der Waals surface area (Å²) < 4.78 is 6.88. The average molecular weight is 245 g/mol. The third-order valence-electron chi connectivity index (χ3n) is 2.50. The molecule has 0 bridgehead atoms. The number of rotatable bonds is 4. The molecule has 0 fully saturated rings. The molecule has 5 heteroatoms. The van der Waals surface area contributed by atoms with Gasteiger partial charge >= 0.3 is 5.97 Å². The first-order valence-electron chi connectivity index (χ1n) is 5.65. The van der Waals surface area contributed by atoms with Gasteiger partial charge in [-0.2, -0.15) is 5.10 Å². The normalized spacial score (nSPS) is 10.3. The van der Waals surface area contributed by atoms with Gasteiger partial charge in [-0.1, -0.05) is 6.07 Å². The Morgan fingerprint density at radius 3 is 3.00 bits per heavy atom. The van der Waals surface area contributed by atoms with Gasteiger partial charge in [-0.3, -0.25) is 4.68 Å². The van der Waals surface area contributed by atoms with Crippen molar-refractivity contribution in [2.24, 2.45) is 7.05 Å². The van der Waals surface area contributed by atoms with Gasteiger partial charge < -0.3 is 10.5 Å². The predicted octanol–water partition coefficient (Wildman–Crippen LogP) is 1.40. The molecule has 18 heavy (non-hydrogen) atoms. The van der Waals surface area contributed by atoms with Crippen molar-refractivity contribution in [3.8, 4) is 0 Å². The van der Waals surface area contributed by atoms with Crippen LogP contribution < -0.4 is 5.73 Å². The Morgan fingerprint density at radius 1 is 1.50 bits per heavy atom. The highest BCUT2D eigenvalue weighted by Gasteiger charge is 2.07. The number of aromatic nitrogens is 2. The van der Waals surface area contributed by atoms with Gasteiger partial charge in [0.15, 0.2) is 0 Å². The predicted molar refractivity (Wildman–Crippen MR) is 68.0 cm³/mol. The molecule has 0 atom stereocenters. The van der Waals surface area contributed by atoms with Crippen molar-refractivity contribution < 1.29 is 9.53 Å². The van der Waals surface area contributed by atoms with Gasteiger partial charge in [-0.15, -0.1) is 0 Å². The maximum Gasteiger partial charge on any atom is 0.338 e. The fourth-order valence-corrected chi connectivity index (χ4v) is 1.61. The van der Waals surface area contributed by atoms with E-state index < -0.39 is 0 Å². The Bertz CT molecular complexity index is 549. The molecule has 0 aliphatic heterocycles. The highest BCUT2D eigenvalue weighted by atomic mass is 16.5. The highest BCUT2D eigenvalue weighted by molar-refractivity contribution is 5.90. The molecule has 2 N–H and O–H groups in total. The van der Waals surface area contributed by atoms with Crippen LogP contribution in [0.4, 0.5) is 5.69 Å². The number of hydrogen-bond acceptors (Lipinski definition) is 4. The second-order valence-corrected chi connectivity index (χ2v) is 4.03. The Kier molecular flexibility index (Phi) is 3.62. The summed E-state index contributed by atoms with van der Waals surface area (Å²) in [6, 6.07) is 6.74. The minimum absolute atomic E-state index is 0.333. The lowest BCUT2D eigenvalue weighted by Crippen LogP contribution is -2.08. The zero-order valence-corrected chi connectivity index (χ0v) is 10.2. The van der Waals surface area contributed by atoms with Crippen LogP contribution in [-0.4, -0.2) is 22.4 Å². The van der Waals surface area contributed by atoms with Gasteiger partial charge in [0, 0.05) is 25.4 Å². The van der Waals surface area contributed by atoms with Gasteiger partial charge in [-0.25, -0.2) is 4.79 Å². The molecule has 0 radical (unpaired) electrons. The number of ether oxygens (including phenoxy) is 1. The highest BCUT2D eigenvalue weighted by Crippen LogP contribution is 2.08. The lowest BCUT2D eigenvalue weighted by atomic mass is 10.2. The van der Waals surface area contributed by atoms with Crippen LogP contribution in [0, 0.1) is 0 Å². The van der Waals surface area contributed by atoms with Crippen molar-refractivity contribution in [1.82, 2.24) is 9.78 Å². The Hall–Kier alpha value is -2.30. The molecular formula is C13H15N3O2. The smallest absolute Gasteiger partial charge is 0.338 e. The summed E-state index contributed by atoms with van der Waals surface area (Å²) in [6.07, 6.45) is 4.31. The summed E-state index contributed by atoms with van der Waals surface area (Å²) >= 11 is 0. The summed E-state index contributed by atoms with van der Waals surface area (Å²) in [5, 5.41) is 4.04. The van der Waals surface area contributed by atoms with E-state index in [1.54, 1.807) is 35.1 Å². The quantitative estimate of drug-likeness (QED) is 0.653. The van der Waals surface area contributed by atoms with Crippen LogP contribution in [0.1, 0.15) is 15.9 Å². The molecule has 0 aliphatic carbocycles. The summed E-state index contributed by atoms with van der Waals surface area (Å²) in [5.74, 6) is -0.355. The van der Waals surface area contributed by atoms with Crippen LogP contribution >= 0.6 is 0 Å². The number of benzene rings is 1. The molecule has 0 spiro atoms. The van der Waals surface area contributed by atoms with Gasteiger partial charge in [0.25, 0.3) is 0 Å². The van der Waals surface area contributed by atoms with Gasteiger partial charge in [0.05, 0.1) is 18.4 Å². The molecular weight excluding hydrogens is 230 g/mol. The summed E-state index contributed by atoms with van der Waals surface area (Å²) in [7, 11) is 1.85. The number of carbonyl (C=O) groups is 1. The minimum atomic E-state index is -0.355. The number of hydrogen-bond donors (Lipinski definition) is 1. The standard InChI is InChI=1S/C13H15N3O2/c1-16-9-10(8-15-16)5-6-18-13(17)11-3-2-4-12(14)7-11/h2-4,7-9H,5-6,14H2,1H3. The molecule has 0 saturated carbocycles. The van der Waals surface area contributed by atoms with Crippen molar-refractivity contribution in [2.75, 3.05) is 12.3 Å². The third-order valence-corrected chi connectivity index (χ3v) is 2.50. The molecule has 0 unspecified atom stereocenters. The first-order chi connectivity index (χ1) is 8.65. The second-order valence-electron chi connectivity index (χ2n) is 4.03. The van der Waals surface area contributed by atoms with Crippen molar-refractivity contribution in [3.05, 3.63) is 47.8 Å². The molecule has 0 amide bonds. The first-order valence-corrected chi connectivity index (χ1v) is 5.65. The van der Waals surface area contributed by atoms with Crippen molar-refractivity contribution >= 4 is 11.7 Å². The third kappa shape index (κ3) is 3.10. The van der Waals surface area contributed by atoms with Gasteiger partial charge in [-0.05, 0) is 23.8 Å². The molecule has 0 saturated heterocycles. The van der Waals surface area contributed by atoms with Crippen LogP contribution in [0.5, 0.6) is 0 Å². The number of nitrogen functional groups attached to an aromatic ring is 1. The number of nitrogens with zero attached hydrogens (tertiary/aromatic N) is 2. The maximum absolute atomic E-state index is 11.7. The van der Waals surface area contributed by atoms with Crippen molar-refractivity contribution in [1.29, 1.82) is 0 Å². The van der Waals surface area contributed by atoms with E-state index in [1.165, 1.54) is 0 Å². The molecule has 1 heterocycles. The van der Waals surface area contributed by atoms with E-state index in [4.69, 9.17) is 10.5 Å². The van der Waals surface area contributed by atoms with Crippen molar-refractivity contribution in [2.45, 2.75) is 6.42 Å². The SMILES string of the molecule is Cn1cc(CCOC(=O)c2cccc(N)c2)cn1. The van der Waals surface area contributed by atoms with Crippen molar-refractivity contribution in [3.63, 3.8) is 0 Å². The van der Waals surface area contributed by atoms with Crippen LogP contribution in [0.15, 0.2) is 36.7 Å².